The van der Waals surface area contributed by atoms with Gasteiger partial charge in [0.1, 0.15) is 38.1 Å². The van der Waals surface area contributed by atoms with Gasteiger partial charge < -0.3 is 39.1 Å². The highest BCUT2D eigenvalue weighted by Crippen LogP contribution is 2.68. The molecule has 0 aromatic heterocycles. The van der Waals surface area contributed by atoms with E-state index in [4.69, 9.17) is 28.4 Å². The number of carbonyl (C=O) groups excluding carboxylic acids is 8. The Morgan fingerprint density at radius 1 is 0.563 bits per heavy atom. The SMILES string of the molecule is C=C(C)C(=O)OCCNC(=O)Oc1c2c(c(OC(=O)NCCOC(=O)C(=C)C)c3c1SC(=C1C(=O)N(Cc4ccccc4)N(Cc4ccccc4)C1=O)S3)SC(=C(C#N)C(=O)OCCOC(=O)C(=C)C)S2. The summed E-state index contributed by atoms with van der Waals surface area (Å²) in [5, 5.41) is 17.9. The molecule has 0 radical (unpaired) electrons. The van der Waals surface area contributed by atoms with E-state index in [0.29, 0.717) is 0 Å². The minimum atomic E-state index is -1.10. The minimum absolute atomic E-state index is 0.00636. The first-order chi connectivity index (χ1) is 34.0. The minimum Gasteiger partial charge on any atom is -0.460 e. The topological polar surface area (TPSA) is 246 Å². The van der Waals surface area contributed by atoms with Crippen molar-refractivity contribution in [2.24, 2.45) is 0 Å². The lowest BCUT2D eigenvalue weighted by molar-refractivity contribution is -0.149. The van der Waals surface area contributed by atoms with Gasteiger partial charge in [-0.1, -0.05) is 127 Å². The Kier molecular flexibility index (Phi) is 18.2. The summed E-state index contributed by atoms with van der Waals surface area (Å²) in [6, 6.07) is 20.0. The molecular weight excluding hydrogens is 999 g/mol. The number of rotatable bonds is 19. The zero-order valence-electron chi connectivity index (χ0n) is 38.2. The highest BCUT2D eigenvalue weighted by Gasteiger charge is 2.47. The summed E-state index contributed by atoms with van der Waals surface area (Å²) in [5.74, 6) is -4.83. The van der Waals surface area contributed by atoms with Gasteiger partial charge in [0, 0.05) is 16.7 Å². The van der Waals surface area contributed by atoms with Crippen LogP contribution in [-0.4, -0.2) is 97.4 Å². The molecule has 3 aromatic rings. The van der Waals surface area contributed by atoms with E-state index in [2.05, 4.69) is 30.4 Å². The normalized spacial score (nSPS) is 13.4. The quantitative estimate of drug-likeness (QED) is 0.0304. The van der Waals surface area contributed by atoms with Crippen molar-refractivity contribution in [3.05, 3.63) is 128 Å². The second-order valence-electron chi connectivity index (χ2n) is 15.0. The van der Waals surface area contributed by atoms with Gasteiger partial charge in [-0.05, 0) is 31.9 Å². The van der Waals surface area contributed by atoms with Gasteiger partial charge in [0.2, 0.25) is 0 Å². The van der Waals surface area contributed by atoms with Crippen molar-refractivity contribution in [3.8, 4) is 17.6 Å². The van der Waals surface area contributed by atoms with Crippen molar-refractivity contribution in [1.29, 1.82) is 5.26 Å². The standard InChI is InChI=1S/C48H43N5O14S4/c1-26(2)41(56)62-19-17-50-47(60)66-33-35-36(69-45(68-35)31(23-49)44(59)65-22-21-64-43(58)28(5)6)34(67-48(61)51-18-20-63-42(57)27(3)4)38-37(33)70-46(71-38)32-39(54)52(24-29-13-9-7-10-14-29)53(40(32)55)25-30-15-11-8-12-16-30/h7-16H,1,3,5,17-22,24-25H2,2,4,6H3,(H,50,60)(H,51,61). The number of fused-ring (bicyclic) bond motifs is 2. The fourth-order valence-electron chi connectivity index (χ4n) is 6.10. The summed E-state index contributed by atoms with van der Waals surface area (Å²) in [5.41, 5.74) is 1.13. The number of hydrazine groups is 1. The molecule has 0 atom stereocenters. The van der Waals surface area contributed by atoms with Crippen LogP contribution in [0.25, 0.3) is 0 Å². The third-order valence-corrected chi connectivity index (χ3v) is 14.7. The highest BCUT2D eigenvalue weighted by molar-refractivity contribution is 8.26. The molecule has 0 aliphatic carbocycles. The Labute approximate surface area is 423 Å². The van der Waals surface area contributed by atoms with Gasteiger partial charge >= 0.3 is 36.1 Å². The van der Waals surface area contributed by atoms with E-state index in [1.807, 2.05) is 42.5 Å². The maximum atomic E-state index is 14.6. The van der Waals surface area contributed by atoms with Crippen LogP contribution in [0.5, 0.6) is 11.5 Å². The molecule has 0 bridgehead atoms. The van der Waals surface area contributed by atoms with E-state index < -0.39 is 60.1 Å². The summed E-state index contributed by atoms with van der Waals surface area (Å²) >= 11 is 3.35. The molecule has 0 spiro atoms. The van der Waals surface area contributed by atoms with Crippen LogP contribution in [0.4, 0.5) is 9.59 Å². The molecule has 23 heteroatoms. The summed E-state index contributed by atoms with van der Waals surface area (Å²) in [4.78, 5) is 106. The average molecular weight is 1040 g/mol. The first-order valence-corrected chi connectivity index (χ1v) is 24.4. The van der Waals surface area contributed by atoms with Crippen molar-refractivity contribution in [2.45, 2.75) is 53.4 Å². The largest absolute Gasteiger partial charge is 0.460 e. The fourth-order valence-corrected chi connectivity index (χ4v) is 11.5. The van der Waals surface area contributed by atoms with E-state index in [1.54, 1.807) is 24.3 Å². The number of thioether (sulfide) groups is 4. The molecule has 1 saturated heterocycles. The van der Waals surface area contributed by atoms with Crippen molar-refractivity contribution in [2.75, 3.05) is 39.5 Å². The van der Waals surface area contributed by atoms with Gasteiger partial charge in [-0.2, -0.15) is 5.26 Å². The van der Waals surface area contributed by atoms with Crippen LogP contribution in [0, 0.1) is 11.3 Å². The third-order valence-electron chi connectivity index (χ3n) is 9.47. The molecule has 3 aromatic carbocycles. The lowest BCUT2D eigenvalue weighted by Gasteiger charge is -2.27. The van der Waals surface area contributed by atoms with E-state index in [1.165, 1.54) is 30.8 Å². The number of nitrogens with one attached hydrogen (secondary N) is 2. The van der Waals surface area contributed by atoms with Crippen LogP contribution in [0.2, 0.25) is 0 Å². The van der Waals surface area contributed by atoms with E-state index in [9.17, 15) is 43.6 Å². The van der Waals surface area contributed by atoms with E-state index in [-0.39, 0.29) is 108 Å². The Bertz CT molecular complexity index is 2690. The maximum Gasteiger partial charge on any atom is 0.412 e. The summed E-state index contributed by atoms with van der Waals surface area (Å²) < 4.78 is 32.5. The maximum absolute atomic E-state index is 14.6. The first kappa shape index (κ1) is 53.0. The number of nitrogens with zero attached hydrogens (tertiary/aromatic N) is 3. The van der Waals surface area contributed by atoms with Crippen molar-refractivity contribution in [3.63, 3.8) is 0 Å². The highest BCUT2D eigenvalue weighted by atomic mass is 32.2. The van der Waals surface area contributed by atoms with E-state index in [0.717, 1.165) is 58.2 Å². The molecule has 0 saturated carbocycles. The molecule has 19 nitrogen and oxygen atoms in total. The lowest BCUT2D eigenvalue weighted by Crippen LogP contribution is -2.39. The van der Waals surface area contributed by atoms with Crippen molar-refractivity contribution >= 4 is 94.9 Å². The monoisotopic (exact) mass is 1040 g/mol. The van der Waals surface area contributed by atoms with Crippen LogP contribution < -0.4 is 20.1 Å². The number of amides is 4. The molecule has 368 valence electrons. The Hall–Kier alpha value is -7.39. The van der Waals surface area contributed by atoms with Crippen LogP contribution >= 0.6 is 47.0 Å². The molecule has 4 amide bonds. The second kappa shape index (κ2) is 24.4. The van der Waals surface area contributed by atoms with Gasteiger partial charge in [-0.15, -0.1) is 0 Å². The average Bonchev–Trinajstić information content (AvgIpc) is 4.04. The zero-order chi connectivity index (χ0) is 51.4. The van der Waals surface area contributed by atoms with Gasteiger partial charge in [0.15, 0.2) is 17.1 Å². The van der Waals surface area contributed by atoms with Crippen LogP contribution in [0.15, 0.2) is 136 Å². The van der Waals surface area contributed by atoms with Crippen molar-refractivity contribution < 1.29 is 66.8 Å². The van der Waals surface area contributed by atoms with Crippen LogP contribution in [-0.2, 0) is 60.8 Å². The molecule has 3 aliphatic rings. The third kappa shape index (κ3) is 13.3. The van der Waals surface area contributed by atoms with Gasteiger partial charge in [0.05, 0.1) is 54.2 Å². The molecular formula is C48H43N5O14S4. The Morgan fingerprint density at radius 2 is 0.930 bits per heavy atom. The van der Waals surface area contributed by atoms with Gasteiger partial charge in [0.25, 0.3) is 11.8 Å². The van der Waals surface area contributed by atoms with Crippen molar-refractivity contribution in [1.82, 2.24) is 20.7 Å². The molecule has 2 N–H and O–H groups in total. The lowest BCUT2D eigenvalue weighted by atomic mass is 10.2. The predicted octanol–water partition coefficient (Wildman–Crippen LogP) is 7.09. The Morgan fingerprint density at radius 3 is 1.31 bits per heavy atom. The smallest absolute Gasteiger partial charge is 0.412 e. The molecule has 71 heavy (non-hydrogen) atoms. The van der Waals surface area contributed by atoms with Crippen LogP contribution in [0.3, 0.4) is 0 Å². The summed E-state index contributed by atoms with van der Waals surface area (Å²) in [6.07, 6.45) is -2.10. The molecule has 1 fully saturated rings. The second-order valence-corrected chi connectivity index (χ2v) is 19.6. The fraction of sp³-hybridized carbons (Fsp3) is 0.229. The number of hydrogen-bond acceptors (Lipinski definition) is 19. The number of nitriles is 1. The van der Waals surface area contributed by atoms with Gasteiger partial charge in [-0.25, -0.2) is 38.8 Å². The molecule has 3 aliphatic heterocycles. The van der Waals surface area contributed by atoms with Crippen LogP contribution in [0.1, 0.15) is 31.9 Å². The number of carbonyl (C=O) groups is 8. The first-order valence-electron chi connectivity index (χ1n) is 21.1. The number of ether oxygens (including phenoxy) is 6. The number of hydrogen-bond donors (Lipinski definition) is 2. The summed E-state index contributed by atoms with van der Waals surface area (Å²) in [7, 11) is 0. The molecule has 6 rings (SSSR count). The zero-order valence-corrected chi connectivity index (χ0v) is 41.5. The number of esters is 4. The Balaban J connectivity index is 1.43. The summed E-state index contributed by atoms with van der Waals surface area (Å²) in [6.45, 7) is 13.2. The van der Waals surface area contributed by atoms with Gasteiger partial charge in [-0.3, -0.25) is 9.59 Å². The number of benzene rings is 3. The van der Waals surface area contributed by atoms with E-state index >= 15 is 0 Å². The molecule has 3 heterocycles. The predicted molar refractivity (Wildman–Crippen MR) is 260 cm³/mol. The molecule has 0 unspecified atom stereocenters.